The van der Waals surface area contributed by atoms with Gasteiger partial charge in [-0.05, 0) is 37.6 Å². The molecule has 1 N–H and O–H groups in total. The molecule has 1 rings (SSSR count). The predicted molar refractivity (Wildman–Crippen MR) is 64.3 cm³/mol. The Balaban J connectivity index is 3.32. The van der Waals surface area contributed by atoms with Crippen molar-refractivity contribution in [1.82, 2.24) is 0 Å². The number of benzene rings is 1. The minimum Gasteiger partial charge on any atom is -0.496 e. The molecule has 0 bridgehead atoms. The summed E-state index contributed by atoms with van der Waals surface area (Å²) in [5, 5.41) is 8.70. The number of carboxylic acid groups (broad SMARTS) is 1. The Hall–Kier alpha value is -2.10. The van der Waals surface area contributed by atoms with E-state index in [1.54, 1.807) is 25.1 Å². The number of rotatable bonds is 4. The SMILES string of the molecule is COc1ccc(C(C)=O)cc1/C(C)=C/C(=O)O. The van der Waals surface area contributed by atoms with Gasteiger partial charge in [-0.25, -0.2) is 4.79 Å². The number of methoxy groups -OCH3 is 1. The number of carboxylic acids is 1. The molecule has 90 valence electrons. The molecule has 4 nitrogen and oxygen atoms in total. The Kier molecular flexibility index (Phi) is 4.04. The first-order chi connectivity index (χ1) is 7.95. The van der Waals surface area contributed by atoms with Crippen LogP contribution in [0.15, 0.2) is 24.3 Å². The van der Waals surface area contributed by atoms with Gasteiger partial charge in [0.1, 0.15) is 5.75 Å². The van der Waals surface area contributed by atoms with E-state index in [9.17, 15) is 9.59 Å². The first-order valence-corrected chi connectivity index (χ1v) is 5.06. The van der Waals surface area contributed by atoms with Gasteiger partial charge in [0.25, 0.3) is 0 Å². The first-order valence-electron chi connectivity index (χ1n) is 5.06. The summed E-state index contributed by atoms with van der Waals surface area (Å²) in [6, 6.07) is 4.94. The number of hydrogen-bond donors (Lipinski definition) is 1. The third kappa shape index (κ3) is 3.17. The Morgan fingerprint density at radius 2 is 1.94 bits per heavy atom. The van der Waals surface area contributed by atoms with Gasteiger partial charge in [-0.2, -0.15) is 0 Å². The highest BCUT2D eigenvalue weighted by molar-refractivity contribution is 5.96. The number of carbonyl (C=O) groups excluding carboxylic acids is 1. The number of ether oxygens (including phenoxy) is 1. The fraction of sp³-hybridized carbons (Fsp3) is 0.231. The minimum absolute atomic E-state index is 0.0722. The molecule has 0 aliphatic rings. The molecule has 1 aromatic carbocycles. The first kappa shape index (κ1) is 13.0. The third-order valence-corrected chi connectivity index (χ3v) is 2.37. The molecule has 0 saturated carbocycles. The van der Waals surface area contributed by atoms with Gasteiger partial charge < -0.3 is 9.84 Å². The standard InChI is InChI=1S/C13H14O4/c1-8(6-13(15)16)11-7-10(9(2)14)4-5-12(11)17-3/h4-7H,1-3H3,(H,15,16)/b8-6+. The van der Waals surface area contributed by atoms with Crippen LogP contribution in [0, 0.1) is 0 Å². The maximum absolute atomic E-state index is 11.3. The van der Waals surface area contributed by atoms with Crippen LogP contribution < -0.4 is 4.74 Å². The van der Waals surface area contributed by atoms with Gasteiger partial charge in [-0.1, -0.05) is 0 Å². The zero-order valence-corrected chi connectivity index (χ0v) is 9.98. The van der Waals surface area contributed by atoms with Crippen LogP contribution in [0.25, 0.3) is 5.57 Å². The highest BCUT2D eigenvalue weighted by atomic mass is 16.5. The largest absolute Gasteiger partial charge is 0.496 e. The fourth-order valence-corrected chi connectivity index (χ4v) is 1.50. The number of hydrogen-bond acceptors (Lipinski definition) is 3. The smallest absolute Gasteiger partial charge is 0.328 e. The van der Waals surface area contributed by atoms with Gasteiger partial charge in [0.05, 0.1) is 7.11 Å². The van der Waals surface area contributed by atoms with Gasteiger partial charge in [-0.15, -0.1) is 0 Å². The second kappa shape index (κ2) is 5.30. The van der Waals surface area contributed by atoms with Crippen molar-refractivity contribution in [2.75, 3.05) is 7.11 Å². The predicted octanol–water partition coefficient (Wildman–Crippen LogP) is 2.39. The van der Waals surface area contributed by atoms with Gasteiger partial charge in [0.15, 0.2) is 5.78 Å². The van der Waals surface area contributed by atoms with Gasteiger partial charge >= 0.3 is 5.97 Å². The highest BCUT2D eigenvalue weighted by Gasteiger charge is 2.09. The van der Waals surface area contributed by atoms with Crippen LogP contribution in [-0.4, -0.2) is 24.0 Å². The molecular formula is C13H14O4. The number of carbonyl (C=O) groups is 2. The van der Waals surface area contributed by atoms with Crippen LogP contribution in [0.2, 0.25) is 0 Å². The molecule has 4 heteroatoms. The van der Waals surface area contributed by atoms with Crippen LogP contribution in [0.1, 0.15) is 29.8 Å². The van der Waals surface area contributed by atoms with Gasteiger partial charge in [-0.3, -0.25) is 4.79 Å². The van der Waals surface area contributed by atoms with Crippen molar-refractivity contribution >= 4 is 17.3 Å². The zero-order valence-electron chi connectivity index (χ0n) is 9.98. The Morgan fingerprint density at radius 3 is 2.41 bits per heavy atom. The third-order valence-electron chi connectivity index (χ3n) is 2.37. The summed E-state index contributed by atoms with van der Waals surface area (Å²) >= 11 is 0. The van der Waals surface area contributed by atoms with E-state index >= 15 is 0 Å². The molecule has 0 fully saturated rings. The molecular weight excluding hydrogens is 220 g/mol. The van der Waals surface area contributed by atoms with E-state index < -0.39 is 5.97 Å². The van der Waals surface area contributed by atoms with Crippen molar-refractivity contribution < 1.29 is 19.4 Å². The maximum atomic E-state index is 11.3. The average Bonchev–Trinajstić information content (AvgIpc) is 2.27. The lowest BCUT2D eigenvalue weighted by atomic mass is 10.0. The average molecular weight is 234 g/mol. The number of aliphatic carboxylic acids is 1. The van der Waals surface area contributed by atoms with Crippen molar-refractivity contribution in [3.63, 3.8) is 0 Å². The van der Waals surface area contributed by atoms with E-state index in [1.807, 2.05) is 0 Å². The van der Waals surface area contributed by atoms with E-state index in [-0.39, 0.29) is 5.78 Å². The van der Waals surface area contributed by atoms with Crippen LogP contribution in [0.5, 0.6) is 5.75 Å². The minimum atomic E-state index is -1.03. The normalized spacial score (nSPS) is 11.1. The lowest BCUT2D eigenvalue weighted by molar-refractivity contribution is -0.131. The Morgan fingerprint density at radius 1 is 1.29 bits per heavy atom. The lowest BCUT2D eigenvalue weighted by Crippen LogP contribution is -1.98. The highest BCUT2D eigenvalue weighted by Crippen LogP contribution is 2.27. The number of ketones is 1. The summed E-state index contributed by atoms with van der Waals surface area (Å²) in [7, 11) is 1.50. The summed E-state index contributed by atoms with van der Waals surface area (Å²) in [4.78, 5) is 21.9. The number of Topliss-reactive ketones (excluding diaryl/α,β-unsaturated/α-hetero) is 1. The lowest BCUT2D eigenvalue weighted by Gasteiger charge is -2.09. The molecule has 0 saturated heterocycles. The fourth-order valence-electron chi connectivity index (χ4n) is 1.50. The van der Waals surface area contributed by atoms with Crippen LogP contribution in [0.4, 0.5) is 0 Å². The van der Waals surface area contributed by atoms with E-state index in [0.717, 1.165) is 6.08 Å². The van der Waals surface area contributed by atoms with Crippen LogP contribution >= 0.6 is 0 Å². The monoisotopic (exact) mass is 234 g/mol. The van der Waals surface area contributed by atoms with Crippen LogP contribution in [0.3, 0.4) is 0 Å². The molecule has 1 aromatic rings. The van der Waals surface area contributed by atoms with Gasteiger partial charge in [0.2, 0.25) is 0 Å². The molecule has 0 heterocycles. The Bertz CT molecular complexity index is 486. The molecule has 0 unspecified atom stereocenters. The molecule has 0 spiro atoms. The zero-order chi connectivity index (χ0) is 13.0. The topological polar surface area (TPSA) is 63.6 Å². The van der Waals surface area contributed by atoms with Crippen molar-refractivity contribution in [3.8, 4) is 5.75 Å². The molecule has 0 aliphatic heterocycles. The van der Waals surface area contributed by atoms with Gasteiger partial charge in [0, 0.05) is 17.2 Å². The summed E-state index contributed by atoms with van der Waals surface area (Å²) in [6.07, 6.45) is 1.09. The van der Waals surface area contributed by atoms with E-state index in [0.29, 0.717) is 22.4 Å². The number of allylic oxidation sites excluding steroid dienone is 1. The second-order valence-corrected chi connectivity index (χ2v) is 3.64. The second-order valence-electron chi connectivity index (χ2n) is 3.64. The van der Waals surface area contributed by atoms with Crippen molar-refractivity contribution in [2.24, 2.45) is 0 Å². The van der Waals surface area contributed by atoms with Crippen molar-refractivity contribution in [2.45, 2.75) is 13.8 Å². The molecule has 17 heavy (non-hydrogen) atoms. The van der Waals surface area contributed by atoms with Crippen molar-refractivity contribution in [3.05, 3.63) is 35.4 Å². The molecule has 0 radical (unpaired) electrons. The summed E-state index contributed by atoms with van der Waals surface area (Å²) < 4.78 is 5.14. The summed E-state index contributed by atoms with van der Waals surface area (Å²) in [6.45, 7) is 3.12. The van der Waals surface area contributed by atoms with Crippen molar-refractivity contribution in [1.29, 1.82) is 0 Å². The quantitative estimate of drug-likeness (QED) is 0.641. The maximum Gasteiger partial charge on any atom is 0.328 e. The van der Waals surface area contributed by atoms with E-state index in [2.05, 4.69) is 0 Å². The molecule has 0 aromatic heterocycles. The Labute approximate surface area is 99.5 Å². The molecule has 0 atom stereocenters. The van der Waals surface area contributed by atoms with E-state index in [1.165, 1.54) is 14.0 Å². The molecule has 0 aliphatic carbocycles. The van der Waals surface area contributed by atoms with Crippen LogP contribution in [-0.2, 0) is 4.79 Å². The summed E-state index contributed by atoms with van der Waals surface area (Å²) in [5.41, 5.74) is 1.68. The molecule has 0 amide bonds. The van der Waals surface area contributed by atoms with E-state index in [4.69, 9.17) is 9.84 Å². The summed E-state index contributed by atoms with van der Waals surface area (Å²) in [5.74, 6) is -0.556.